The maximum atomic E-state index is 13.3. The lowest BCUT2D eigenvalue weighted by atomic mass is 10.1. The maximum Gasteiger partial charge on any atom is 0.135 e. The third-order valence-corrected chi connectivity index (χ3v) is 5.48. The molecule has 1 fully saturated rings. The Morgan fingerprint density at radius 1 is 1.04 bits per heavy atom. The molecular weight excluding hydrogens is 339 g/mol. The molecule has 0 radical (unpaired) electrons. The highest BCUT2D eigenvalue weighted by Crippen LogP contribution is 2.33. The standard InChI is InChI=1S/C22H19FN4/c23-17-4-1-3-15(13-17)6-7-16-8-9-18-19(14-16)25-22-20-5-2-10-26(20)11-12-27(22)21(18)24/h1,3-4,8-9,13-14,20,24H,2,5,10-12H2. The summed E-state index contributed by atoms with van der Waals surface area (Å²) in [6, 6.07) is 12.4. The lowest BCUT2D eigenvalue weighted by Gasteiger charge is -2.32. The third kappa shape index (κ3) is 2.83. The van der Waals surface area contributed by atoms with Gasteiger partial charge in [0.15, 0.2) is 0 Å². The highest BCUT2D eigenvalue weighted by Gasteiger charge is 2.32. The van der Waals surface area contributed by atoms with Crippen LogP contribution in [-0.2, 0) is 6.54 Å². The molecule has 27 heavy (non-hydrogen) atoms. The van der Waals surface area contributed by atoms with Gasteiger partial charge in [0.2, 0.25) is 0 Å². The normalized spacial score (nSPS) is 18.6. The van der Waals surface area contributed by atoms with E-state index in [0.717, 1.165) is 48.3 Å². The minimum Gasteiger partial charge on any atom is -0.312 e. The summed E-state index contributed by atoms with van der Waals surface area (Å²) in [7, 11) is 0. The molecule has 2 aliphatic heterocycles. The van der Waals surface area contributed by atoms with Gasteiger partial charge in [0, 0.05) is 29.6 Å². The number of aromatic nitrogens is 2. The van der Waals surface area contributed by atoms with E-state index in [0.29, 0.717) is 17.1 Å². The number of halogens is 1. The molecule has 3 heterocycles. The number of hydrogen-bond acceptors (Lipinski definition) is 3. The van der Waals surface area contributed by atoms with Crippen LogP contribution in [-0.4, -0.2) is 27.5 Å². The molecule has 0 amide bonds. The average Bonchev–Trinajstić information content (AvgIpc) is 3.16. The van der Waals surface area contributed by atoms with E-state index < -0.39 is 0 Å². The van der Waals surface area contributed by atoms with Crippen LogP contribution in [0.5, 0.6) is 0 Å². The minimum atomic E-state index is -0.286. The number of fused-ring (bicyclic) bond motifs is 4. The summed E-state index contributed by atoms with van der Waals surface area (Å²) in [5, 5.41) is 9.47. The Labute approximate surface area is 156 Å². The second-order valence-corrected chi connectivity index (χ2v) is 7.16. The summed E-state index contributed by atoms with van der Waals surface area (Å²) in [5.74, 6) is 6.81. The number of rotatable bonds is 0. The van der Waals surface area contributed by atoms with Crippen LogP contribution in [0.2, 0.25) is 0 Å². The van der Waals surface area contributed by atoms with Gasteiger partial charge < -0.3 is 4.57 Å². The van der Waals surface area contributed by atoms with E-state index in [4.69, 9.17) is 10.4 Å². The van der Waals surface area contributed by atoms with Crippen molar-refractivity contribution in [2.45, 2.75) is 25.4 Å². The van der Waals surface area contributed by atoms with Gasteiger partial charge in [-0.25, -0.2) is 9.37 Å². The summed E-state index contributed by atoms with van der Waals surface area (Å²) in [6.45, 7) is 2.95. The van der Waals surface area contributed by atoms with Crippen LogP contribution in [0.4, 0.5) is 4.39 Å². The first-order valence-corrected chi connectivity index (χ1v) is 9.30. The van der Waals surface area contributed by atoms with E-state index in [2.05, 4.69) is 21.3 Å². The Bertz CT molecular complexity index is 1170. The second kappa shape index (κ2) is 6.33. The number of nitrogens with one attached hydrogen (secondary N) is 1. The molecule has 1 atom stereocenters. The van der Waals surface area contributed by atoms with Crippen LogP contribution in [0.1, 0.15) is 35.8 Å². The molecule has 4 nitrogen and oxygen atoms in total. The summed E-state index contributed by atoms with van der Waals surface area (Å²) in [5.41, 5.74) is 2.81. The second-order valence-electron chi connectivity index (χ2n) is 7.16. The first-order valence-electron chi connectivity index (χ1n) is 9.30. The first kappa shape index (κ1) is 16.2. The van der Waals surface area contributed by atoms with Crippen molar-refractivity contribution < 1.29 is 4.39 Å². The van der Waals surface area contributed by atoms with Crippen molar-refractivity contribution in [1.82, 2.24) is 14.5 Å². The zero-order valence-electron chi connectivity index (χ0n) is 14.9. The molecule has 5 heteroatoms. The molecule has 0 aliphatic carbocycles. The van der Waals surface area contributed by atoms with Crippen LogP contribution in [0.3, 0.4) is 0 Å². The summed E-state index contributed by atoms with van der Waals surface area (Å²) >= 11 is 0. The van der Waals surface area contributed by atoms with E-state index in [1.807, 2.05) is 18.2 Å². The molecule has 3 aromatic rings. The molecule has 1 saturated heterocycles. The molecule has 1 N–H and O–H groups in total. The predicted octanol–water partition coefficient (Wildman–Crippen LogP) is 3.21. The summed E-state index contributed by atoms with van der Waals surface area (Å²) in [4.78, 5) is 7.40. The highest BCUT2D eigenvalue weighted by atomic mass is 19.1. The van der Waals surface area contributed by atoms with Gasteiger partial charge in [-0.15, -0.1) is 0 Å². The molecule has 2 aliphatic rings. The van der Waals surface area contributed by atoms with Gasteiger partial charge in [-0.3, -0.25) is 10.3 Å². The van der Waals surface area contributed by atoms with Crippen molar-refractivity contribution in [3.05, 3.63) is 70.7 Å². The molecule has 0 bridgehead atoms. The predicted molar refractivity (Wildman–Crippen MR) is 102 cm³/mol. The van der Waals surface area contributed by atoms with Crippen molar-refractivity contribution in [1.29, 1.82) is 5.41 Å². The molecule has 0 spiro atoms. The topological polar surface area (TPSA) is 44.9 Å². The molecular formula is C22H19FN4. The Morgan fingerprint density at radius 3 is 2.74 bits per heavy atom. The molecule has 5 rings (SSSR count). The number of benzene rings is 2. The fraction of sp³-hybridized carbons (Fsp3) is 0.273. The van der Waals surface area contributed by atoms with Crippen LogP contribution in [0.25, 0.3) is 10.9 Å². The van der Waals surface area contributed by atoms with E-state index in [1.54, 1.807) is 12.1 Å². The zero-order chi connectivity index (χ0) is 18.4. The van der Waals surface area contributed by atoms with Crippen molar-refractivity contribution in [2.75, 3.05) is 13.1 Å². The fourth-order valence-corrected chi connectivity index (χ4v) is 4.15. The van der Waals surface area contributed by atoms with Gasteiger partial charge >= 0.3 is 0 Å². The first-order chi connectivity index (χ1) is 13.2. The Balaban J connectivity index is 1.59. The van der Waals surface area contributed by atoms with E-state index in [-0.39, 0.29) is 5.82 Å². The molecule has 1 aromatic heterocycles. The molecule has 1 unspecified atom stereocenters. The van der Waals surface area contributed by atoms with E-state index >= 15 is 0 Å². The quantitative estimate of drug-likeness (QED) is 0.627. The molecule has 134 valence electrons. The zero-order valence-corrected chi connectivity index (χ0v) is 14.9. The van der Waals surface area contributed by atoms with Gasteiger partial charge in [-0.2, -0.15) is 0 Å². The van der Waals surface area contributed by atoms with Crippen molar-refractivity contribution in [3.8, 4) is 11.8 Å². The largest absolute Gasteiger partial charge is 0.312 e. The number of hydrogen-bond donors (Lipinski definition) is 1. The average molecular weight is 358 g/mol. The number of nitrogens with zero attached hydrogens (tertiary/aromatic N) is 3. The van der Waals surface area contributed by atoms with Crippen LogP contribution < -0.4 is 5.49 Å². The monoisotopic (exact) mass is 358 g/mol. The van der Waals surface area contributed by atoms with Gasteiger partial charge in [0.25, 0.3) is 0 Å². The van der Waals surface area contributed by atoms with Gasteiger partial charge in [-0.1, -0.05) is 17.9 Å². The summed E-state index contributed by atoms with van der Waals surface area (Å²) in [6.07, 6.45) is 2.30. The van der Waals surface area contributed by atoms with E-state index in [9.17, 15) is 4.39 Å². The minimum absolute atomic E-state index is 0.286. The lowest BCUT2D eigenvalue weighted by molar-refractivity contribution is 0.197. The lowest BCUT2D eigenvalue weighted by Crippen LogP contribution is -2.40. The van der Waals surface area contributed by atoms with Crippen molar-refractivity contribution >= 4 is 10.9 Å². The summed E-state index contributed by atoms with van der Waals surface area (Å²) < 4.78 is 15.4. The van der Waals surface area contributed by atoms with Crippen LogP contribution in [0.15, 0.2) is 42.5 Å². The molecule has 0 saturated carbocycles. The van der Waals surface area contributed by atoms with Crippen molar-refractivity contribution in [2.24, 2.45) is 0 Å². The van der Waals surface area contributed by atoms with Gasteiger partial charge in [0.05, 0.1) is 11.6 Å². The highest BCUT2D eigenvalue weighted by molar-refractivity contribution is 5.79. The van der Waals surface area contributed by atoms with Crippen LogP contribution >= 0.6 is 0 Å². The van der Waals surface area contributed by atoms with Crippen molar-refractivity contribution in [3.63, 3.8) is 0 Å². The van der Waals surface area contributed by atoms with Gasteiger partial charge in [-0.05, 0) is 55.8 Å². The Hall–Kier alpha value is -2.97. The Kier molecular flexibility index (Phi) is 3.80. The molecule has 2 aromatic carbocycles. The van der Waals surface area contributed by atoms with Gasteiger partial charge in [0.1, 0.15) is 17.1 Å². The van der Waals surface area contributed by atoms with Crippen LogP contribution in [0, 0.1) is 23.1 Å². The van der Waals surface area contributed by atoms with E-state index in [1.165, 1.54) is 18.6 Å². The third-order valence-electron chi connectivity index (χ3n) is 5.48. The fourth-order valence-electron chi connectivity index (χ4n) is 4.15. The Morgan fingerprint density at radius 2 is 1.89 bits per heavy atom. The maximum absolute atomic E-state index is 13.3. The SMILES string of the molecule is N=c1c2ccc(C#Cc3cccc(F)c3)cc2nc2n1CCN1CCCC21. The smallest absolute Gasteiger partial charge is 0.135 e.